The maximum absolute atomic E-state index is 4.43. The molecule has 0 bridgehead atoms. The molecule has 1 saturated carbocycles. The average Bonchev–Trinajstić information content (AvgIpc) is 2.84. The van der Waals surface area contributed by atoms with E-state index in [1.54, 1.807) is 6.33 Å². The highest BCUT2D eigenvalue weighted by Crippen LogP contribution is 2.34. The quantitative estimate of drug-likeness (QED) is 0.854. The zero-order chi connectivity index (χ0) is 12.1. The molecule has 2 unspecified atom stereocenters. The van der Waals surface area contributed by atoms with Crippen LogP contribution in [-0.4, -0.2) is 21.3 Å². The minimum absolute atomic E-state index is 0.574. The van der Waals surface area contributed by atoms with Crippen molar-refractivity contribution in [2.45, 2.75) is 58.5 Å². The van der Waals surface area contributed by atoms with Gasteiger partial charge in [-0.25, -0.2) is 9.67 Å². The summed E-state index contributed by atoms with van der Waals surface area (Å²) < 4.78 is 2.16. The van der Waals surface area contributed by atoms with Gasteiger partial charge in [0.2, 0.25) is 0 Å². The Bertz CT molecular complexity index is 334. The first-order valence-electron chi connectivity index (χ1n) is 6.94. The van der Waals surface area contributed by atoms with Gasteiger partial charge in [-0.3, -0.25) is 0 Å². The smallest absolute Gasteiger partial charge is 0.141 e. The Morgan fingerprint density at radius 2 is 2.29 bits per heavy atom. The van der Waals surface area contributed by atoms with Crippen LogP contribution >= 0.6 is 0 Å². The molecule has 1 fully saturated rings. The van der Waals surface area contributed by atoms with Gasteiger partial charge in [0.1, 0.15) is 12.2 Å². The molecule has 2 rings (SSSR count). The molecule has 1 heterocycles. The SMILES string of the molecule is CCNCc1ncnn1C1CCCC(CC)C1. The lowest BCUT2D eigenvalue weighted by Crippen LogP contribution is -2.24. The Kier molecular flexibility index (Phi) is 4.54. The summed E-state index contributed by atoms with van der Waals surface area (Å²) in [6.45, 7) is 6.24. The fourth-order valence-corrected chi connectivity index (χ4v) is 2.80. The first-order valence-corrected chi connectivity index (χ1v) is 6.94. The lowest BCUT2D eigenvalue weighted by molar-refractivity contribution is 0.242. The van der Waals surface area contributed by atoms with Gasteiger partial charge in [-0.2, -0.15) is 5.10 Å². The maximum atomic E-state index is 4.43. The Morgan fingerprint density at radius 1 is 1.41 bits per heavy atom. The highest BCUT2D eigenvalue weighted by atomic mass is 15.4. The first-order chi connectivity index (χ1) is 8.35. The van der Waals surface area contributed by atoms with E-state index in [-0.39, 0.29) is 0 Å². The molecule has 4 nitrogen and oxygen atoms in total. The lowest BCUT2D eigenvalue weighted by Gasteiger charge is -2.29. The third kappa shape index (κ3) is 3.06. The summed E-state index contributed by atoms with van der Waals surface area (Å²) >= 11 is 0. The number of hydrogen-bond donors (Lipinski definition) is 1. The molecule has 1 aliphatic carbocycles. The predicted molar refractivity (Wildman–Crippen MR) is 68.7 cm³/mol. The maximum Gasteiger partial charge on any atom is 0.141 e. The van der Waals surface area contributed by atoms with Crippen LogP contribution in [-0.2, 0) is 6.54 Å². The molecule has 0 aromatic carbocycles. The van der Waals surface area contributed by atoms with Gasteiger partial charge in [0.15, 0.2) is 0 Å². The molecule has 2 atom stereocenters. The summed E-state index contributed by atoms with van der Waals surface area (Å²) in [5.74, 6) is 1.97. The topological polar surface area (TPSA) is 42.7 Å². The largest absolute Gasteiger partial charge is 0.310 e. The fourth-order valence-electron chi connectivity index (χ4n) is 2.80. The third-order valence-electron chi connectivity index (χ3n) is 3.86. The van der Waals surface area contributed by atoms with Crippen LogP contribution in [0.4, 0.5) is 0 Å². The molecule has 1 aromatic rings. The summed E-state index contributed by atoms with van der Waals surface area (Å²) in [5.41, 5.74) is 0. The van der Waals surface area contributed by atoms with E-state index in [4.69, 9.17) is 0 Å². The summed E-state index contributed by atoms with van der Waals surface area (Å²) in [5, 5.41) is 7.76. The Labute approximate surface area is 104 Å². The van der Waals surface area contributed by atoms with Crippen molar-refractivity contribution in [3.63, 3.8) is 0 Å². The number of nitrogens with zero attached hydrogens (tertiary/aromatic N) is 3. The van der Waals surface area contributed by atoms with Crippen molar-refractivity contribution >= 4 is 0 Å². The predicted octanol–water partition coefficient (Wildman–Crippen LogP) is 2.53. The normalized spacial score (nSPS) is 25.1. The summed E-state index contributed by atoms with van der Waals surface area (Å²) in [7, 11) is 0. The van der Waals surface area contributed by atoms with Gasteiger partial charge < -0.3 is 5.32 Å². The van der Waals surface area contributed by atoms with Gasteiger partial charge in [-0.15, -0.1) is 0 Å². The standard InChI is InChI=1S/C13H24N4/c1-3-11-6-5-7-12(8-11)17-13(9-14-4-2)15-10-16-17/h10-12,14H,3-9H2,1-2H3. The molecule has 4 heteroatoms. The van der Waals surface area contributed by atoms with Gasteiger partial charge in [0.25, 0.3) is 0 Å². The third-order valence-corrected chi connectivity index (χ3v) is 3.86. The van der Waals surface area contributed by atoms with Gasteiger partial charge in [0, 0.05) is 0 Å². The van der Waals surface area contributed by atoms with Crippen LogP contribution in [0.2, 0.25) is 0 Å². The Morgan fingerprint density at radius 3 is 3.06 bits per heavy atom. The molecule has 1 aliphatic rings. The zero-order valence-corrected chi connectivity index (χ0v) is 11.0. The van der Waals surface area contributed by atoms with E-state index in [1.807, 2.05) is 0 Å². The van der Waals surface area contributed by atoms with Crippen molar-refractivity contribution in [1.29, 1.82) is 0 Å². The van der Waals surface area contributed by atoms with Crippen LogP contribution in [0, 0.1) is 5.92 Å². The van der Waals surface area contributed by atoms with Crippen LogP contribution in [0.3, 0.4) is 0 Å². The van der Waals surface area contributed by atoms with E-state index in [9.17, 15) is 0 Å². The molecular weight excluding hydrogens is 212 g/mol. The number of hydrogen-bond acceptors (Lipinski definition) is 3. The van der Waals surface area contributed by atoms with Gasteiger partial charge in [-0.1, -0.05) is 33.1 Å². The second-order valence-corrected chi connectivity index (χ2v) is 5.00. The Hall–Kier alpha value is -0.900. The highest BCUT2D eigenvalue weighted by Gasteiger charge is 2.24. The van der Waals surface area contributed by atoms with Crippen LogP contribution in [0.25, 0.3) is 0 Å². The number of rotatable bonds is 5. The molecule has 0 spiro atoms. The molecule has 1 N–H and O–H groups in total. The van der Waals surface area contributed by atoms with Crippen molar-refractivity contribution in [3.8, 4) is 0 Å². The van der Waals surface area contributed by atoms with Crippen molar-refractivity contribution < 1.29 is 0 Å². The van der Waals surface area contributed by atoms with Crippen molar-refractivity contribution in [3.05, 3.63) is 12.2 Å². The van der Waals surface area contributed by atoms with Crippen LogP contribution < -0.4 is 5.32 Å². The molecule has 17 heavy (non-hydrogen) atoms. The summed E-state index contributed by atoms with van der Waals surface area (Å²) in [6, 6.07) is 0.574. The van der Waals surface area contributed by atoms with Crippen LogP contribution in [0.1, 0.15) is 57.8 Å². The van der Waals surface area contributed by atoms with E-state index in [0.717, 1.165) is 24.8 Å². The lowest BCUT2D eigenvalue weighted by atomic mass is 9.84. The molecule has 0 amide bonds. The molecule has 0 saturated heterocycles. The van der Waals surface area contributed by atoms with E-state index in [2.05, 4.69) is 33.9 Å². The zero-order valence-electron chi connectivity index (χ0n) is 11.0. The van der Waals surface area contributed by atoms with Crippen LogP contribution in [0.5, 0.6) is 0 Å². The monoisotopic (exact) mass is 236 g/mol. The van der Waals surface area contributed by atoms with Crippen molar-refractivity contribution in [1.82, 2.24) is 20.1 Å². The number of nitrogens with one attached hydrogen (secondary N) is 1. The van der Waals surface area contributed by atoms with E-state index in [1.165, 1.54) is 32.1 Å². The second-order valence-electron chi connectivity index (χ2n) is 5.00. The highest BCUT2D eigenvalue weighted by molar-refractivity contribution is 4.89. The van der Waals surface area contributed by atoms with Gasteiger partial charge >= 0.3 is 0 Å². The van der Waals surface area contributed by atoms with Gasteiger partial charge in [-0.05, 0) is 25.3 Å². The van der Waals surface area contributed by atoms with Crippen molar-refractivity contribution in [2.75, 3.05) is 6.54 Å². The Balaban J connectivity index is 2.02. The number of aromatic nitrogens is 3. The second kappa shape index (κ2) is 6.15. The molecular formula is C13H24N4. The molecule has 0 radical (unpaired) electrons. The van der Waals surface area contributed by atoms with Gasteiger partial charge in [0.05, 0.1) is 12.6 Å². The molecule has 96 valence electrons. The molecule has 1 aromatic heterocycles. The average molecular weight is 236 g/mol. The van der Waals surface area contributed by atoms with Crippen molar-refractivity contribution in [2.24, 2.45) is 5.92 Å². The fraction of sp³-hybridized carbons (Fsp3) is 0.846. The summed E-state index contributed by atoms with van der Waals surface area (Å²) in [6.07, 6.45) is 8.27. The van der Waals surface area contributed by atoms with Crippen LogP contribution in [0.15, 0.2) is 6.33 Å². The summed E-state index contributed by atoms with van der Waals surface area (Å²) in [4.78, 5) is 4.37. The minimum atomic E-state index is 0.574. The van der Waals surface area contributed by atoms with E-state index < -0.39 is 0 Å². The van der Waals surface area contributed by atoms with E-state index >= 15 is 0 Å². The molecule has 0 aliphatic heterocycles. The van der Waals surface area contributed by atoms with E-state index in [0.29, 0.717) is 6.04 Å². The minimum Gasteiger partial charge on any atom is -0.310 e. The first kappa shape index (κ1) is 12.6.